The van der Waals surface area contributed by atoms with Gasteiger partial charge in [0.2, 0.25) is 0 Å². The maximum atomic E-state index is 10.7. The molecule has 9 heteroatoms. The Bertz CT molecular complexity index is 736. The number of hydrogen-bond donors (Lipinski definition) is 4. The lowest BCUT2D eigenvalue weighted by Crippen LogP contribution is -2.39. The van der Waals surface area contributed by atoms with Crippen LogP contribution in [0.4, 0.5) is 5.82 Å². The minimum Gasteiger partial charge on any atom is -0.394 e. The highest BCUT2D eigenvalue weighted by molar-refractivity contribution is 5.81. The lowest BCUT2D eigenvalue weighted by molar-refractivity contribution is -0.0726. The van der Waals surface area contributed by atoms with Crippen molar-refractivity contribution in [2.75, 3.05) is 12.3 Å². The first-order valence-electron chi connectivity index (χ1n) is 6.57. The third kappa shape index (κ3) is 1.27. The molecule has 2 fully saturated rings. The van der Waals surface area contributed by atoms with Crippen LogP contribution in [-0.2, 0) is 4.74 Å². The summed E-state index contributed by atoms with van der Waals surface area (Å²) in [5, 5.41) is 30.1. The second-order valence-corrected chi connectivity index (χ2v) is 5.70. The number of aromatic nitrogens is 4. The molecule has 2 aromatic heterocycles. The van der Waals surface area contributed by atoms with Gasteiger partial charge in [0, 0.05) is 0 Å². The Morgan fingerprint density at radius 3 is 2.81 bits per heavy atom. The van der Waals surface area contributed by atoms with Crippen molar-refractivity contribution in [1.82, 2.24) is 19.5 Å². The average molecular weight is 293 g/mol. The molecule has 5 atom stereocenters. The van der Waals surface area contributed by atoms with Gasteiger partial charge in [-0.05, 0) is 6.92 Å². The van der Waals surface area contributed by atoms with Crippen LogP contribution in [0.15, 0.2) is 12.7 Å². The van der Waals surface area contributed by atoms with Crippen LogP contribution in [-0.4, -0.2) is 64.9 Å². The van der Waals surface area contributed by atoms with Gasteiger partial charge in [-0.15, -0.1) is 0 Å². The molecule has 4 rings (SSSR count). The molecule has 1 saturated heterocycles. The van der Waals surface area contributed by atoms with Crippen LogP contribution in [0.3, 0.4) is 0 Å². The van der Waals surface area contributed by atoms with E-state index in [4.69, 9.17) is 10.5 Å². The van der Waals surface area contributed by atoms with Crippen molar-refractivity contribution in [2.45, 2.75) is 36.4 Å². The van der Waals surface area contributed by atoms with Crippen LogP contribution in [0.25, 0.3) is 11.2 Å². The van der Waals surface area contributed by atoms with E-state index in [1.54, 1.807) is 11.5 Å². The molecule has 0 radical (unpaired) electrons. The minimum absolute atomic E-state index is 0.247. The highest BCUT2D eigenvalue weighted by atomic mass is 16.6. The molecule has 1 aliphatic heterocycles. The van der Waals surface area contributed by atoms with Crippen LogP contribution >= 0.6 is 0 Å². The first kappa shape index (κ1) is 12.9. The molecule has 0 spiro atoms. The van der Waals surface area contributed by atoms with Gasteiger partial charge < -0.3 is 30.4 Å². The zero-order valence-electron chi connectivity index (χ0n) is 11.2. The lowest BCUT2D eigenvalue weighted by atomic mass is 10.1. The Hall–Kier alpha value is -1.81. The summed E-state index contributed by atoms with van der Waals surface area (Å²) in [4.78, 5) is 12.1. The predicted molar refractivity (Wildman–Crippen MR) is 70.1 cm³/mol. The number of aliphatic hydroxyl groups is 3. The topological polar surface area (TPSA) is 140 Å². The Balaban J connectivity index is 1.81. The molecule has 2 aliphatic rings. The Morgan fingerprint density at radius 1 is 1.43 bits per heavy atom. The van der Waals surface area contributed by atoms with Crippen LogP contribution in [0, 0.1) is 0 Å². The summed E-state index contributed by atoms with van der Waals surface area (Å²) in [6, 6.07) is -0.554. The van der Waals surface area contributed by atoms with Crippen LogP contribution in [0.1, 0.15) is 13.0 Å². The average Bonchev–Trinajstić information content (AvgIpc) is 2.77. The van der Waals surface area contributed by atoms with Gasteiger partial charge in [-0.2, -0.15) is 0 Å². The van der Waals surface area contributed by atoms with Crippen molar-refractivity contribution in [3.8, 4) is 0 Å². The summed E-state index contributed by atoms with van der Waals surface area (Å²) in [5.41, 5.74) is 4.14. The third-order valence-electron chi connectivity index (χ3n) is 4.69. The number of nitrogens with two attached hydrogens (primary N) is 1. The Morgan fingerprint density at radius 2 is 2.19 bits per heavy atom. The third-order valence-corrected chi connectivity index (χ3v) is 4.69. The largest absolute Gasteiger partial charge is 0.394 e. The normalized spacial score (nSPS) is 41.4. The Labute approximate surface area is 119 Å². The number of aliphatic hydroxyl groups excluding tert-OH is 2. The van der Waals surface area contributed by atoms with Gasteiger partial charge in [0.25, 0.3) is 0 Å². The predicted octanol–water partition coefficient (Wildman–Crippen LogP) is -1.79. The van der Waals surface area contributed by atoms with Crippen molar-refractivity contribution in [3.05, 3.63) is 12.7 Å². The van der Waals surface area contributed by atoms with E-state index >= 15 is 0 Å². The molecule has 112 valence electrons. The number of hydrogen-bond acceptors (Lipinski definition) is 8. The van der Waals surface area contributed by atoms with E-state index < -0.39 is 29.5 Å². The van der Waals surface area contributed by atoms with Crippen LogP contribution < -0.4 is 5.73 Å². The molecular weight excluding hydrogens is 278 g/mol. The van der Waals surface area contributed by atoms with Gasteiger partial charge in [0.15, 0.2) is 11.5 Å². The standard InChI is InChI=1S/C12H15N5O4/c1-11-10(12(11,20)7(19)5(2-18)21-11)17-4-16-6-8(13)14-3-15-9(6)17/h3-5,7,10,18-20H,2H2,1H3,(H2,13,14,15)/t5-,7?,10-,11?,12?/m1/s1. The van der Waals surface area contributed by atoms with E-state index in [1.807, 2.05) is 0 Å². The molecule has 0 aromatic carbocycles. The first-order valence-corrected chi connectivity index (χ1v) is 6.57. The van der Waals surface area contributed by atoms with E-state index in [9.17, 15) is 15.3 Å². The van der Waals surface area contributed by atoms with E-state index in [0.717, 1.165) is 0 Å². The van der Waals surface area contributed by atoms with Gasteiger partial charge in [-0.1, -0.05) is 0 Å². The second-order valence-electron chi connectivity index (χ2n) is 5.70. The summed E-state index contributed by atoms with van der Waals surface area (Å²) < 4.78 is 7.26. The van der Waals surface area contributed by atoms with E-state index in [2.05, 4.69) is 15.0 Å². The number of nitrogens with zero attached hydrogens (tertiary/aromatic N) is 4. The van der Waals surface area contributed by atoms with Crippen molar-refractivity contribution < 1.29 is 20.1 Å². The summed E-state index contributed by atoms with van der Waals surface area (Å²) in [6.07, 6.45) is 0.819. The second kappa shape index (κ2) is 3.69. The van der Waals surface area contributed by atoms with E-state index in [1.165, 1.54) is 12.7 Å². The van der Waals surface area contributed by atoms with Crippen molar-refractivity contribution in [1.29, 1.82) is 0 Å². The fraction of sp³-hybridized carbons (Fsp3) is 0.583. The molecule has 5 N–H and O–H groups in total. The lowest BCUT2D eigenvalue weighted by Gasteiger charge is -2.21. The molecule has 9 nitrogen and oxygen atoms in total. The summed E-state index contributed by atoms with van der Waals surface area (Å²) in [5.74, 6) is 0.247. The molecule has 3 unspecified atom stereocenters. The van der Waals surface area contributed by atoms with Crippen LogP contribution in [0.5, 0.6) is 0 Å². The molecular formula is C12H15N5O4. The molecule has 0 bridgehead atoms. The highest BCUT2D eigenvalue weighted by Crippen LogP contribution is 2.67. The van der Waals surface area contributed by atoms with Gasteiger partial charge in [0.05, 0.1) is 12.9 Å². The molecule has 1 aliphatic carbocycles. The fourth-order valence-corrected chi connectivity index (χ4v) is 3.53. The number of rotatable bonds is 2. The van der Waals surface area contributed by atoms with Gasteiger partial charge in [-0.25, -0.2) is 15.0 Å². The van der Waals surface area contributed by atoms with Gasteiger partial charge >= 0.3 is 0 Å². The summed E-state index contributed by atoms with van der Waals surface area (Å²) in [6.45, 7) is 1.33. The summed E-state index contributed by atoms with van der Waals surface area (Å²) in [7, 11) is 0. The van der Waals surface area contributed by atoms with E-state index in [0.29, 0.717) is 11.2 Å². The zero-order chi connectivity index (χ0) is 15.0. The number of anilines is 1. The SMILES string of the molecule is CC12O[C@H](CO)C(O)C1(O)[C@@H]2n1cnc2c(N)ncnc21. The molecule has 1 saturated carbocycles. The molecule has 3 heterocycles. The first-order chi connectivity index (χ1) is 9.95. The summed E-state index contributed by atoms with van der Waals surface area (Å²) >= 11 is 0. The number of imidazole rings is 1. The van der Waals surface area contributed by atoms with E-state index in [-0.39, 0.29) is 12.4 Å². The zero-order valence-corrected chi connectivity index (χ0v) is 11.2. The number of fused-ring (bicyclic) bond motifs is 2. The fourth-order valence-electron chi connectivity index (χ4n) is 3.53. The van der Waals surface area contributed by atoms with Gasteiger partial charge in [-0.3, -0.25) is 0 Å². The molecule has 21 heavy (non-hydrogen) atoms. The van der Waals surface area contributed by atoms with Crippen LogP contribution in [0.2, 0.25) is 0 Å². The maximum absolute atomic E-state index is 10.7. The Kier molecular flexibility index (Phi) is 2.26. The quantitative estimate of drug-likeness (QED) is 0.509. The van der Waals surface area contributed by atoms with Crippen molar-refractivity contribution in [2.24, 2.45) is 0 Å². The monoisotopic (exact) mass is 293 g/mol. The number of nitrogen functional groups attached to an aromatic ring is 1. The van der Waals surface area contributed by atoms with Crippen molar-refractivity contribution >= 4 is 17.0 Å². The highest BCUT2D eigenvalue weighted by Gasteiger charge is 2.85. The maximum Gasteiger partial charge on any atom is 0.165 e. The molecule has 0 amide bonds. The van der Waals surface area contributed by atoms with Crippen molar-refractivity contribution in [3.63, 3.8) is 0 Å². The van der Waals surface area contributed by atoms with Gasteiger partial charge in [0.1, 0.15) is 41.3 Å². The number of ether oxygens (including phenoxy) is 1. The minimum atomic E-state index is -1.49. The molecule has 2 aromatic rings. The smallest absolute Gasteiger partial charge is 0.165 e.